The molecule has 1 fully saturated rings. The first kappa shape index (κ1) is 18.9. The van der Waals surface area contributed by atoms with E-state index in [1.807, 2.05) is 0 Å². The molecule has 1 aliphatic rings. The number of amides is 2. The molecular formula is C17H32N2O3. The van der Waals surface area contributed by atoms with E-state index < -0.39 is 0 Å². The Balaban J connectivity index is 2.19. The summed E-state index contributed by atoms with van der Waals surface area (Å²) >= 11 is 0. The number of methoxy groups -OCH3 is 1. The van der Waals surface area contributed by atoms with Crippen LogP contribution in [0.3, 0.4) is 0 Å². The van der Waals surface area contributed by atoms with Crippen LogP contribution in [0, 0.1) is 17.8 Å². The Labute approximate surface area is 134 Å². The first-order valence-electron chi connectivity index (χ1n) is 8.59. The van der Waals surface area contributed by atoms with Gasteiger partial charge in [0, 0.05) is 38.6 Å². The maximum atomic E-state index is 12.1. The molecule has 0 saturated heterocycles. The molecule has 1 rings (SSSR count). The highest BCUT2D eigenvalue weighted by Crippen LogP contribution is 2.29. The van der Waals surface area contributed by atoms with Crippen LogP contribution in [0.1, 0.15) is 52.4 Å². The molecule has 0 atom stereocenters. The molecule has 0 aliphatic heterocycles. The Morgan fingerprint density at radius 3 is 1.95 bits per heavy atom. The van der Waals surface area contributed by atoms with Gasteiger partial charge in [0.25, 0.3) is 0 Å². The van der Waals surface area contributed by atoms with Crippen LogP contribution in [0.5, 0.6) is 0 Å². The van der Waals surface area contributed by atoms with Gasteiger partial charge in [-0.25, -0.2) is 0 Å². The molecule has 0 radical (unpaired) electrons. The van der Waals surface area contributed by atoms with Gasteiger partial charge in [0.1, 0.15) is 0 Å². The number of hydrogen-bond acceptors (Lipinski definition) is 3. The van der Waals surface area contributed by atoms with E-state index in [1.54, 1.807) is 7.11 Å². The molecule has 0 aromatic carbocycles. The van der Waals surface area contributed by atoms with Crippen molar-refractivity contribution in [2.24, 2.45) is 17.8 Å². The van der Waals surface area contributed by atoms with Crippen molar-refractivity contribution in [2.75, 3.05) is 26.8 Å². The third kappa shape index (κ3) is 7.25. The fourth-order valence-electron chi connectivity index (χ4n) is 2.82. The van der Waals surface area contributed by atoms with Crippen LogP contribution in [0.15, 0.2) is 0 Å². The van der Waals surface area contributed by atoms with E-state index in [9.17, 15) is 9.59 Å². The molecule has 0 aromatic rings. The van der Waals surface area contributed by atoms with Crippen molar-refractivity contribution >= 4 is 11.8 Å². The van der Waals surface area contributed by atoms with Crippen LogP contribution in [0.4, 0.5) is 0 Å². The second-order valence-corrected chi connectivity index (χ2v) is 6.66. The minimum atomic E-state index is 0.0715. The highest BCUT2D eigenvalue weighted by atomic mass is 16.5. The third-order valence-corrected chi connectivity index (χ3v) is 4.31. The largest absolute Gasteiger partial charge is 0.385 e. The molecular weight excluding hydrogens is 280 g/mol. The number of rotatable bonds is 9. The molecule has 5 heteroatoms. The SMILES string of the molecule is COCCCNC(=O)C1CCC(C(=O)NCCC(C)C)CC1. The Morgan fingerprint density at radius 2 is 1.50 bits per heavy atom. The molecule has 0 spiro atoms. The molecule has 1 saturated carbocycles. The lowest BCUT2D eigenvalue weighted by Crippen LogP contribution is -2.38. The second-order valence-electron chi connectivity index (χ2n) is 6.66. The predicted molar refractivity (Wildman–Crippen MR) is 87.4 cm³/mol. The number of carbonyl (C=O) groups excluding carboxylic acids is 2. The average molecular weight is 312 g/mol. The van der Waals surface area contributed by atoms with Crippen LogP contribution in [0.25, 0.3) is 0 Å². The molecule has 1 aliphatic carbocycles. The number of nitrogens with one attached hydrogen (secondary N) is 2. The molecule has 0 bridgehead atoms. The van der Waals surface area contributed by atoms with Crippen LogP contribution in [-0.4, -0.2) is 38.6 Å². The zero-order valence-electron chi connectivity index (χ0n) is 14.3. The predicted octanol–water partition coefficient (Wildman–Crippen LogP) is 2.11. The maximum absolute atomic E-state index is 12.1. The summed E-state index contributed by atoms with van der Waals surface area (Å²) in [6.07, 6.45) is 5.14. The lowest BCUT2D eigenvalue weighted by atomic mass is 9.81. The Morgan fingerprint density at radius 1 is 1.00 bits per heavy atom. The number of carbonyl (C=O) groups is 2. The van der Waals surface area contributed by atoms with Crippen molar-refractivity contribution in [3.05, 3.63) is 0 Å². The number of ether oxygens (including phenoxy) is 1. The van der Waals surface area contributed by atoms with Crippen LogP contribution >= 0.6 is 0 Å². The Hall–Kier alpha value is -1.10. The Bertz CT molecular complexity index is 337. The van der Waals surface area contributed by atoms with Gasteiger partial charge in [-0.3, -0.25) is 9.59 Å². The van der Waals surface area contributed by atoms with E-state index in [1.165, 1.54) is 0 Å². The van der Waals surface area contributed by atoms with Crippen molar-refractivity contribution in [1.82, 2.24) is 10.6 Å². The van der Waals surface area contributed by atoms with Crippen molar-refractivity contribution in [3.8, 4) is 0 Å². The number of hydrogen-bond donors (Lipinski definition) is 2. The monoisotopic (exact) mass is 312 g/mol. The molecule has 22 heavy (non-hydrogen) atoms. The fraction of sp³-hybridized carbons (Fsp3) is 0.882. The summed E-state index contributed by atoms with van der Waals surface area (Å²) in [7, 11) is 1.66. The third-order valence-electron chi connectivity index (χ3n) is 4.31. The van der Waals surface area contributed by atoms with Crippen molar-refractivity contribution in [3.63, 3.8) is 0 Å². The van der Waals surface area contributed by atoms with E-state index >= 15 is 0 Å². The van der Waals surface area contributed by atoms with Crippen molar-refractivity contribution in [2.45, 2.75) is 52.4 Å². The summed E-state index contributed by atoms with van der Waals surface area (Å²) in [5.74, 6) is 1.07. The molecule has 2 N–H and O–H groups in total. The van der Waals surface area contributed by atoms with Gasteiger partial charge in [-0.15, -0.1) is 0 Å². The fourth-order valence-corrected chi connectivity index (χ4v) is 2.82. The standard InChI is InChI=1S/C17H32N2O3/c1-13(2)9-11-19-17(21)15-7-5-14(6-8-15)16(20)18-10-4-12-22-3/h13-15H,4-12H2,1-3H3,(H,18,20)(H,19,21). The molecule has 0 aromatic heterocycles. The molecule has 0 heterocycles. The van der Waals surface area contributed by atoms with E-state index in [0.29, 0.717) is 19.1 Å². The molecule has 0 unspecified atom stereocenters. The van der Waals surface area contributed by atoms with Gasteiger partial charge >= 0.3 is 0 Å². The maximum Gasteiger partial charge on any atom is 0.223 e. The zero-order valence-corrected chi connectivity index (χ0v) is 14.3. The summed E-state index contributed by atoms with van der Waals surface area (Å²) in [6.45, 7) is 6.41. The highest BCUT2D eigenvalue weighted by Gasteiger charge is 2.29. The van der Waals surface area contributed by atoms with Gasteiger partial charge in [-0.2, -0.15) is 0 Å². The minimum Gasteiger partial charge on any atom is -0.385 e. The van der Waals surface area contributed by atoms with Crippen LogP contribution in [0.2, 0.25) is 0 Å². The quantitative estimate of drug-likeness (QED) is 0.641. The van der Waals surface area contributed by atoms with Gasteiger partial charge in [0.2, 0.25) is 11.8 Å². The summed E-state index contributed by atoms with van der Waals surface area (Å²) < 4.78 is 4.96. The van der Waals surface area contributed by atoms with E-state index in [0.717, 1.165) is 45.1 Å². The van der Waals surface area contributed by atoms with E-state index in [-0.39, 0.29) is 23.7 Å². The lowest BCUT2D eigenvalue weighted by Gasteiger charge is -2.27. The average Bonchev–Trinajstić information content (AvgIpc) is 2.51. The first-order chi connectivity index (χ1) is 10.5. The van der Waals surface area contributed by atoms with E-state index in [2.05, 4.69) is 24.5 Å². The molecule has 5 nitrogen and oxygen atoms in total. The smallest absolute Gasteiger partial charge is 0.223 e. The summed E-state index contributed by atoms with van der Waals surface area (Å²) in [4.78, 5) is 24.1. The lowest BCUT2D eigenvalue weighted by molar-refractivity contribution is -0.130. The zero-order chi connectivity index (χ0) is 16.4. The molecule has 128 valence electrons. The normalized spacial score (nSPS) is 21.6. The molecule has 2 amide bonds. The van der Waals surface area contributed by atoms with Gasteiger partial charge in [0.15, 0.2) is 0 Å². The van der Waals surface area contributed by atoms with Gasteiger partial charge in [0.05, 0.1) is 0 Å². The van der Waals surface area contributed by atoms with Crippen molar-refractivity contribution < 1.29 is 14.3 Å². The summed E-state index contributed by atoms with van der Waals surface area (Å²) in [6, 6.07) is 0. The van der Waals surface area contributed by atoms with Crippen LogP contribution in [-0.2, 0) is 14.3 Å². The minimum absolute atomic E-state index is 0.0715. The van der Waals surface area contributed by atoms with Crippen LogP contribution < -0.4 is 10.6 Å². The highest BCUT2D eigenvalue weighted by molar-refractivity contribution is 5.81. The van der Waals surface area contributed by atoms with Gasteiger partial charge in [-0.1, -0.05) is 13.8 Å². The van der Waals surface area contributed by atoms with Gasteiger partial charge < -0.3 is 15.4 Å². The second kappa shape index (κ2) is 10.6. The Kier molecular flexibility index (Phi) is 9.13. The first-order valence-corrected chi connectivity index (χ1v) is 8.59. The topological polar surface area (TPSA) is 67.4 Å². The van der Waals surface area contributed by atoms with Crippen molar-refractivity contribution in [1.29, 1.82) is 0 Å². The van der Waals surface area contributed by atoms with Gasteiger partial charge in [-0.05, 0) is 44.4 Å². The summed E-state index contributed by atoms with van der Waals surface area (Å²) in [5, 5.41) is 5.98. The summed E-state index contributed by atoms with van der Waals surface area (Å²) in [5.41, 5.74) is 0. The van der Waals surface area contributed by atoms with E-state index in [4.69, 9.17) is 4.74 Å².